The number of para-hydroxylation sites is 1. The van der Waals surface area contributed by atoms with E-state index in [-0.39, 0.29) is 23.6 Å². The number of aromatic nitrogens is 3. The van der Waals surface area contributed by atoms with Gasteiger partial charge in [-0.2, -0.15) is 13.2 Å². The molecule has 0 aliphatic carbocycles. The maximum atomic E-state index is 14.7. The normalized spacial score (nSPS) is 18.4. The smallest absolute Gasteiger partial charge is 0.417 e. The molecule has 34 heavy (non-hydrogen) atoms. The molecule has 1 aliphatic rings. The van der Waals surface area contributed by atoms with Crippen LogP contribution in [0.5, 0.6) is 5.88 Å². The van der Waals surface area contributed by atoms with Gasteiger partial charge in [-0.25, -0.2) is 18.7 Å². The predicted molar refractivity (Wildman–Crippen MR) is 112 cm³/mol. The Hall–Kier alpha value is -3.76. The van der Waals surface area contributed by atoms with Gasteiger partial charge < -0.3 is 14.0 Å². The predicted octanol–water partition coefficient (Wildman–Crippen LogP) is 4.83. The van der Waals surface area contributed by atoms with Crippen LogP contribution in [0.4, 0.5) is 22.0 Å². The SMILES string of the molecule is O=C(c1cc(C(F)(F)F)cn2ccnc12)N1CCC(F)(F)[C@@H](Oc2ccc3ccccc3n2)C1. The van der Waals surface area contributed by atoms with Crippen molar-refractivity contribution >= 4 is 22.5 Å². The Morgan fingerprint density at radius 2 is 1.94 bits per heavy atom. The molecule has 1 aliphatic heterocycles. The summed E-state index contributed by atoms with van der Waals surface area (Å²) in [5, 5.41) is 0.801. The van der Waals surface area contributed by atoms with Gasteiger partial charge in [0.2, 0.25) is 5.88 Å². The van der Waals surface area contributed by atoms with Crippen molar-refractivity contribution in [3.8, 4) is 5.88 Å². The minimum absolute atomic E-state index is 0.00370. The van der Waals surface area contributed by atoms with Crippen LogP contribution in [0.3, 0.4) is 0 Å². The molecule has 4 aromatic rings. The monoisotopic (exact) mass is 476 g/mol. The molecule has 0 spiro atoms. The van der Waals surface area contributed by atoms with Gasteiger partial charge in [0.1, 0.15) is 5.65 Å². The third-order valence-corrected chi connectivity index (χ3v) is 5.74. The minimum atomic E-state index is -4.70. The number of imidazole rings is 1. The first-order valence-electron chi connectivity index (χ1n) is 10.4. The molecule has 0 bridgehead atoms. The molecular weight excluding hydrogens is 459 g/mol. The lowest BCUT2D eigenvalue weighted by Crippen LogP contribution is -2.55. The maximum Gasteiger partial charge on any atom is 0.417 e. The highest BCUT2D eigenvalue weighted by atomic mass is 19.4. The number of fused-ring (bicyclic) bond motifs is 2. The zero-order valence-electron chi connectivity index (χ0n) is 17.5. The van der Waals surface area contributed by atoms with Crippen molar-refractivity contribution in [3.63, 3.8) is 0 Å². The second-order valence-electron chi connectivity index (χ2n) is 8.01. The topological polar surface area (TPSA) is 59.7 Å². The molecule has 1 saturated heterocycles. The van der Waals surface area contributed by atoms with E-state index in [9.17, 15) is 26.7 Å². The molecular formula is C23H17F5N4O2. The van der Waals surface area contributed by atoms with Crippen molar-refractivity contribution in [2.24, 2.45) is 0 Å². The maximum absolute atomic E-state index is 14.7. The standard InChI is InChI=1S/C23H17F5N4O2/c24-22(25)7-9-32(13-18(22)34-19-6-5-14-3-1-2-4-17(14)30-19)21(33)16-11-15(23(26,27)28)12-31-10-8-29-20(16)31/h1-6,8,10-12,18H,7,9,13H2/t18-/m0/s1. The van der Waals surface area contributed by atoms with Crippen molar-refractivity contribution in [2.45, 2.75) is 24.6 Å². The molecule has 11 heteroatoms. The molecule has 1 atom stereocenters. The molecule has 0 unspecified atom stereocenters. The van der Waals surface area contributed by atoms with Gasteiger partial charge in [-0.3, -0.25) is 4.79 Å². The van der Waals surface area contributed by atoms with Crippen LogP contribution in [0.2, 0.25) is 0 Å². The lowest BCUT2D eigenvalue weighted by atomic mass is 10.0. The number of alkyl halides is 5. The summed E-state index contributed by atoms with van der Waals surface area (Å²) in [5.41, 5.74) is -0.814. The number of amides is 1. The van der Waals surface area contributed by atoms with Crippen LogP contribution in [0.15, 0.2) is 61.1 Å². The average Bonchev–Trinajstić information content (AvgIpc) is 3.27. The van der Waals surface area contributed by atoms with Gasteiger partial charge in [-0.1, -0.05) is 18.2 Å². The number of piperidine rings is 1. The number of benzene rings is 1. The fourth-order valence-corrected chi connectivity index (χ4v) is 3.95. The van der Waals surface area contributed by atoms with E-state index in [1.807, 2.05) is 12.1 Å². The Kier molecular flexibility index (Phi) is 5.14. The van der Waals surface area contributed by atoms with Gasteiger partial charge >= 0.3 is 6.18 Å². The van der Waals surface area contributed by atoms with E-state index < -0.39 is 42.6 Å². The Morgan fingerprint density at radius 1 is 1.15 bits per heavy atom. The highest BCUT2D eigenvalue weighted by molar-refractivity contribution is 6.00. The van der Waals surface area contributed by atoms with Crippen molar-refractivity contribution in [1.82, 2.24) is 19.3 Å². The van der Waals surface area contributed by atoms with Crippen LogP contribution in [-0.2, 0) is 6.18 Å². The van der Waals surface area contributed by atoms with E-state index in [4.69, 9.17) is 4.74 Å². The van der Waals surface area contributed by atoms with E-state index in [2.05, 4.69) is 9.97 Å². The highest BCUT2D eigenvalue weighted by Crippen LogP contribution is 2.34. The number of nitrogens with zero attached hydrogens (tertiary/aromatic N) is 4. The van der Waals surface area contributed by atoms with Gasteiger partial charge in [0.15, 0.2) is 6.10 Å². The van der Waals surface area contributed by atoms with Crippen molar-refractivity contribution in [1.29, 1.82) is 0 Å². The van der Waals surface area contributed by atoms with E-state index >= 15 is 0 Å². The number of halogens is 5. The zero-order valence-corrected chi connectivity index (χ0v) is 17.5. The summed E-state index contributed by atoms with van der Waals surface area (Å²) >= 11 is 0. The largest absolute Gasteiger partial charge is 0.466 e. The molecule has 3 aromatic heterocycles. The second kappa shape index (κ2) is 7.93. The lowest BCUT2D eigenvalue weighted by Gasteiger charge is -2.38. The first kappa shape index (κ1) is 22.1. The molecule has 6 nitrogen and oxygen atoms in total. The molecule has 0 saturated carbocycles. The summed E-state index contributed by atoms with van der Waals surface area (Å²) in [6.07, 6.45) is -3.77. The first-order valence-corrected chi connectivity index (χ1v) is 10.4. The highest BCUT2D eigenvalue weighted by Gasteiger charge is 2.47. The quantitative estimate of drug-likeness (QED) is 0.398. The summed E-state index contributed by atoms with van der Waals surface area (Å²) in [6, 6.07) is 10.9. The Labute approximate surface area is 189 Å². The number of carbonyl (C=O) groups excluding carboxylic acids is 1. The third-order valence-electron chi connectivity index (χ3n) is 5.74. The van der Waals surface area contributed by atoms with Gasteiger partial charge in [0, 0.05) is 43.0 Å². The molecule has 0 N–H and O–H groups in total. The molecule has 0 radical (unpaired) electrons. The zero-order chi connectivity index (χ0) is 24.1. The summed E-state index contributed by atoms with van der Waals surface area (Å²) in [4.78, 5) is 22.4. The van der Waals surface area contributed by atoms with Crippen molar-refractivity contribution in [2.75, 3.05) is 13.1 Å². The first-order chi connectivity index (χ1) is 16.1. The summed E-state index contributed by atoms with van der Waals surface area (Å²) in [7, 11) is 0. The molecule has 1 amide bonds. The van der Waals surface area contributed by atoms with E-state index in [0.717, 1.165) is 20.9 Å². The number of rotatable bonds is 3. The molecule has 1 aromatic carbocycles. The van der Waals surface area contributed by atoms with Crippen LogP contribution < -0.4 is 4.74 Å². The summed E-state index contributed by atoms with van der Waals surface area (Å²) in [6.45, 7) is -0.872. The van der Waals surface area contributed by atoms with Crippen LogP contribution in [-0.4, -0.2) is 50.3 Å². The van der Waals surface area contributed by atoms with Crippen LogP contribution in [0, 0.1) is 0 Å². The van der Waals surface area contributed by atoms with Gasteiger partial charge in [-0.15, -0.1) is 0 Å². The number of carbonyl (C=O) groups is 1. The van der Waals surface area contributed by atoms with Crippen molar-refractivity contribution < 1.29 is 31.5 Å². The number of pyridine rings is 2. The van der Waals surface area contributed by atoms with E-state index in [1.165, 1.54) is 18.5 Å². The van der Waals surface area contributed by atoms with Gasteiger partial charge in [0.25, 0.3) is 11.8 Å². The molecule has 4 heterocycles. The van der Waals surface area contributed by atoms with Crippen LogP contribution >= 0.6 is 0 Å². The number of ether oxygens (including phenoxy) is 1. The fraction of sp³-hybridized carbons (Fsp3) is 0.261. The van der Waals surface area contributed by atoms with E-state index in [0.29, 0.717) is 11.6 Å². The van der Waals surface area contributed by atoms with Gasteiger partial charge in [0.05, 0.1) is 23.2 Å². The number of likely N-dealkylation sites (tertiary alicyclic amines) is 1. The number of hydrogen-bond acceptors (Lipinski definition) is 4. The van der Waals surface area contributed by atoms with Gasteiger partial charge in [-0.05, 0) is 18.2 Å². The van der Waals surface area contributed by atoms with Crippen molar-refractivity contribution in [3.05, 3.63) is 72.2 Å². The third kappa shape index (κ3) is 4.02. The summed E-state index contributed by atoms with van der Waals surface area (Å²) in [5.74, 6) is -4.13. The Morgan fingerprint density at radius 3 is 2.74 bits per heavy atom. The van der Waals surface area contributed by atoms with Crippen LogP contribution in [0.25, 0.3) is 16.6 Å². The van der Waals surface area contributed by atoms with Crippen LogP contribution in [0.1, 0.15) is 22.3 Å². The summed E-state index contributed by atoms with van der Waals surface area (Å²) < 4.78 is 75.9. The fourth-order valence-electron chi connectivity index (χ4n) is 3.95. The number of hydrogen-bond donors (Lipinski definition) is 0. The lowest BCUT2D eigenvalue weighted by molar-refractivity contribution is -0.137. The molecule has 1 fully saturated rings. The van der Waals surface area contributed by atoms with E-state index in [1.54, 1.807) is 18.2 Å². The Bertz CT molecular complexity index is 1380. The Balaban J connectivity index is 1.44. The molecule has 5 rings (SSSR count). The second-order valence-corrected chi connectivity index (χ2v) is 8.01. The minimum Gasteiger partial charge on any atom is -0.466 e. The molecule has 176 valence electrons. The average molecular weight is 476 g/mol.